The standard InChI is InChI=1S/C11H9IN2O2S2/c1-5-8(11(15)16-2)10(17)14-9(13-5)6-3-7(12)18-4-6/h3-4H,1-2H3,(H,13,14,17). The van der Waals surface area contributed by atoms with Crippen LogP contribution in [0.3, 0.4) is 0 Å². The molecule has 2 aromatic heterocycles. The Kier molecular flexibility index (Phi) is 4.13. The number of hydrogen-bond acceptors (Lipinski definition) is 5. The van der Waals surface area contributed by atoms with Crippen molar-refractivity contribution >= 4 is 52.1 Å². The van der Waals surface area contributed by atoms with Crippen LogP contribution < -0.4 is 0 Å². The number of thiophene rings is 1. The maximum Gasteiger partial charge on any atom is 0.342 e. The van der Waals surface area contributed by atoms with Gasteiger partial charge in [0.05, 0.1) is 9.99 Å². The predicted octanol–water partition coefficient (Wildman–Crippen LogP) is 3.57. The van der Waals surface area contributed by atoms with Crippen molar-refractivity contribution in [1.82, 2.24) is 9.97 Å². The summed E-state index contributed by atoms with van der Waals surface area (Å²) >= 11 is 9.02. The minimum absolute atomic E-state index is 0.259. The molecule has 0 aliphatic heterocycles. The molecule has 0 saturated carbocycles. The number of H-pyrrole nitrogens is 1. The van der Waals surface area contributed by atoms with Crippen molar-refractivity contribution in [3.05, 3.63) is 30.2 Å². The van der Waals surface area contributed by atoms with Gasteiger partial charge in [-0.3, -0.25) is 0 Å². The van der Waals surface area contributed by atoms with E-state index in [1.54, 1.807) is 18.3 Å². The largest absolute Gasteiger partial charge is 0.465 e. The van der Waals surface area contributed by atoms with Gasteiger partial charge >= 0.3 is 5.97 Å². The van der Waals surface area contributed by atoms with Crippen LogP contribution in [0.15, 0.2) is 11.4 Å². The molecule has 0 amide bonds. The van der Waals surface area contributed by atoms with E-state index in [1.165, 1.54) is 9.99 Å². The van der Waals surface area contributed by atoms with Crippen LogP contribution >= 0.6 is 46.1 Å². The number of carbonyl (C=O) groups excluding carboxylic acids is 1. The predicted molar refractivity (Wildman–Crippen MR) is 81.5 cm³/mol. The van der Waals surface area contributed by atoms with Crippen molar-refractivity contribution in [3.63, 3.8) is 0 Å². The number of aryl methyl sites for hydroxylation is 1. The van der Waals surface area contributed by atoms with E-state index < -0.39 is 5.97 Å². The molecular weight excluding hydrogens is 383 g/mol. The monoisotopic (exact) mass is 392 g/mol. The number of rotatable bonds is 2. The van der Waals surface area contributed by atoms with E-state index in [2.05, 4.69) is 37.3 Å². The maximum absolute atomic E-state index is 11.6. The van der Waals surface area contributed by atoms with Crippen molar-refractivity contribution in [2.75, 3.05) is 7.11 Å². The molecule has 0 saturated heterocycles. The number of nitrogens with zero attached hydrogens (tertiary/aromatic N) is 1. The van der Waals surface area contributed by atoms with Gasteiger partial charge in [0, 0.05) is 16.6 Å². The summed E-state index contributed by atoms with van der Waals surface area (Å²) in [5.41, 5.74) is 1.95. The summed E-state index contributed by atoms with van der Waals surface area (Å²) in [4.78, 5) is 18.9. The first-order valence-electron chi connectivity index (χ1n) is 4.96. The van der Waals surface area contributed by atoms with Crippen molar-refractivity contribution in [2.45, 2.75) is 6.92 Å². The molecule has 7 heteroatoms. The Labute approximate surface area is 127 Å². The average Bonchev–Trinajstić information content (AvgIpc) is 2.74. The van der Waals surface area contributed by atoms with Gasteiger partial charge in [-0.15, -0.1) is 11.3 Å². The number of halogens is 1. The first kappa shape index (κ1) is 13.6. The third kappa shape index (κ3) is 2.62. The molecule has 0 spiro atoms. The number of aromatic amines is 1. The van der Waals surface area contributed by atoms with E-state index in [1.807, 2.05) is 11.4 Å². The first-order chi connectivity index (χ1) is 8.52. The Balaban J connectivity index is 2.56. The summed E-state index contributed by atoms with van der Waals surface area (Å²) in [6.45, 7) is 1.78. The van der Waals surface area contributed by atoms with Crippen LogP contribution in [0, 0.1) is 14.4 Å². The minimum atomic E-state index is -0.465. The smallest absolute Gasteiger partial charge is 0.342 e. The van der Waals surface area contributed by atoms with Gasteiger partial charge in [-0.2, -0.15) is 0 Å². The maximum atomic E-state index is 11.6. The van der Waals surface area contributed by atoms with Gasteiger partial charge in [0.25, 0.3) is 0 Å². The lowest BCUT2D eigenvalue weighted by Gasteiger charge is -2.06. The van der Waals surface area contributed by atoms with E-state index in [9.17, 15) is 4.79 Å². The fourth-order valence-corrected chi connectivity index (χ4v) is 3.16. The van der Waals surface area contributed by atoms with Gasteiger partial charge in [-0.05, 0) is 35.6 Å². The fourth-order valence-electron chi connectivity index (χ4n) is 1.50. The Hall–Kier alpha value is -0.800. The molecule has 1 N–H and O–H groups in total. The second-order valence-electron chi connectivity index (χ2n) is 3.52. The number of aromatic nitrogens is 2. The van der Waals surface area contributed by atoms with Gasteiger partial charge < -0.3 is 9.72 Å². The summed E-state index contributed by atoms with van der Waals surface area (Å²) in [7, 11) is 1.33. The number of esters is 1. The highest BCUT2D eigenvalue weighted by atomic mass is 127. The van der Waals surface area contributed by atoms with E-state index >= 15 is 0 Å². The summed E-state index contributed by atoms with van der Waals surface area (Å²) < 4.78 is 6.11. The summed E-state index contributed by atoms with van der Waals surface area (Å²) in [5, 5.41) is 1.99. The lowest BCUT2D eigenvalue weighted by molar-refractivity contribution is 0.0598. The third-order valence-electron chi connectivity index (χ3n) is 2.34. The quantitative estimate of drug-likeness (QED) is 0.483. The van der Waals surface area contributed by atoms with Crippen LogP contribution in [0.2, 0.25) is 0 Å². The average molecular weight is 392 g/mol. The number of ether oxygens (including phenoxy) is 1. The minimum Gasteiger partial charge on any atom is -0.465 e. The number of methoxy groups -OCH3 is 1. The molecule has 0 atom stereocenters. The molecule has 4 nitrogen and oxygen atoms in total. The van der Waals surface area contributed by atoms with Crippen molar-refractivity contribution in [3.8, 4) is 11.4 Å². The summed E-state index contributed by atoms with van der Waals surface area (Å²) in [5.74, 6) is 0.206. The fraction of sp³-hybridized carbons (Fsp3) is 0.182. The Morgan fingerprint density at radius 2 is 2.33 bits per heavy atom. The van der Waals surface area contributed by atoms with Crippen LogP contribution in [0.4, 0.5) is 0 Å². The SMILES string of the molecule is COC(=O)c1c(C)[nH]c(-c2csc(I)c2)nc1=S. The Bertz CT molecular complexity index is 663. The van der Waals surface area contributed by atoms with Crippen LogP contribution in [-0.2, 0) is 4.74 Å². The molecule has 0 aliphatic rings. The van der Waals surface area contributed by atoms with Crippen LogP contribution in [-0.4, -0.2) is 23.0 Å². The molecule has 18 heavy (non-hydrogen) atoms. The molecule has 0 bridgehead atoms. The van der Waals surface area contributed by atoms with E-state index in [0.717, 1.165) is 5.56 Å². The van der Waals surface area contributed by atoms with E-state index in [0.29, 0.717) is 17.1 Å². The van der Waals surface area contributed by atoms with Gasteiger partial charge in [0.1, 0.15) is 16.0 Å². The number of nitrogens with one attached hydrogen (secondary N) is 1. The molecular formula is C11H9IN2O2S2. The van der Waals surface area contributed by atoms with Gasteiger partial charge in [0.2, 0.25) is 0 Å². The summed E-state index contributed by atoms with van der Waals surface area (Å²) in [6, 6.07) is 2.01. The zero-order valence-electron chi connectivity index (χ0n) is 9.61. The summed E-state index contributed by atoms with van der Waals surface area (Å²) in [6.07, 6.45) is 0. The molecule has 0 radical (unpaired) electrons. The van der Waals surface area contributed by atoms with Crippen LogP contribution in [0.25, 0.3) is 11.4 Å². The molecule has 94 valence electrons. The highest BCUT2D eigenvalue weighted by Gasteiger charge is 2.15. The van der Waals surface area contributed by atoms with Gasteiger partial charge in [-0.25, -0.2) is 9.78 Å². The normalized spacial score (nSPS) is 10.4. The lowest BCUT2D eigenvalue weighted by atomic mass is 10.2. The van der Waals surface area contributed by atoms with Crippen molar-refractivity contribution in [1.29, 1.82) is 0 Å². The molecule has 0 unspecified atom stereocenters. The van der Waals surface area contributed by atoms with Gasteiger partial charge in [0.15, 0.2) is 0 Å². The first-order valence-corrected chi connectivity index (χ1v) is 7.33. The highest BCUT2D eigenvalue weighted by Crippen LogP contribution is 2.24. The number of carbonyl (C=O) groups is 1. The van der Waals surface area contributed by atoms with E-state index in [-0.39, 0.29) is 4.64 Å². The van der Waals surface area contributed by atoms with E-state index in [4.69, 9.17) is 12.2 Å². The molecule has 2 heterocycles. The highest BCUT2D eigenvalue weighted by molar-refractivity contribution is 14.1. The zero-order valence-corrected chi connectivity index (χ0v) is 13.4. The Morgan fingerprint density at radius 3 is 2.83 bits per heavy atom. The van der Waals surface area contributed by atoms with Crippen LogP contribution in [0.5, 0.6) is 0 Å². The lowest BCUT2D eigenvalue weighted by Crippen LogP contribution is -2.08. The second-order valence-corrected chi connectivity index (χ2v) is 6.71. The van der Waals surface area contributed by atoms with Crippen LogP contribution in [0.1, 0.15) is 16.1 Å². The molecule has 0 aromatic carbocycles. The molecule has 2 aromatic rings. The molecule has 0 aliphatic carbocycles. The van der Waals surface area contributed by atoms with Gasteiger partial charge in [-0.1, -0.05) is 12.2 Å². The third-order valence-corrected chi connectivity index (χ3v) is 4.42. The molecule has 2 rings (SSSR count). The topological polar surface area (TPSA) is 55.0 Å². The molecule has 0 fully saturated rings. The zero-order chi connectivity index (χ0) is 13.3. The number of hydrogen-bond donors (Lipinski definition) is 1. The van der Waals surface area contributed by atoms with Crippen molar-refractivity contribution < 1.29 is 9.53 Å². The Morgan fingerprint density at radius 1 is 1.61 bits per heavy atom. The second kappa shape index (κ2) is 5.45. The van der Waals surface area contributed by atoms with Crippen molar-refractivity contribution in [2.24, 2.45) is 0 Å².